The third kappa shape index (κ3) is 4.35. The van der Waals surface area contributed by atoms with Crippen LogP contribution >= 0.6 is 11.8 Å². The number of rotatable bonds is 6. The summed E-state index contributed by atoms with van der Waals surface area (Å²) in [6, 6.07) is 10.6. The highest BCUT2D eigenvalue weighted by atomic mass is 32.2. The van der Waals surface area contributed by atoms with Crippen molar-refractivity contribution >= 4 is 23.6 Å². The normalized spacial score (nSPS) is 10.3. The van der Waals surface area contributed by atoms with Crippen LogP contribution in [0.25, 0.3) is 0 Å². The van der Waals surface area contributed by atoms with Gasteiger partial charge in [0.05, 0.1) is 6.07 Å². The van der Waals surface area contributed by atoms with E-state index < -0.39 is 16.7 Å². The molecule has 0 bridgehead atoms. The van der Waals surface area contributed by atoms with Gasteiger partial charge in [-0.3, -0.25) is 14.9 Å². The summed E-state index contributed by atoms with van der Waals surface area (Å²) in [6.07, 6.45) is 0. The molecule has 6 nitrogen and oxygen atoms in total. The van der Waals surface area contributed by atoms with Crippen molar-refractivity contribution in [2.75, 3.05) is 12.3 Å². The average molecular weight is 306 g/mol. The van der Waals surface area contributed by atoms with E-state index in [0.29, 0.717) is 12.3 Å². The zero-order chi connectivity index (χ0) is 15.2. The number of aryl methyl sites for hydroxylation is 1. The van der Waals surface area contributed by atoms with Crippen LogP contribution in [0.2, 0.25) is 0 Å². The molecule has 0 aliphatic heterocycles. The third-order valence-corrected chi connectivity index (χ3v) is 3.69. The first-order valence-corrected chi connectivity index (χ1v) is 7.27. The van der Waals surface area contributed by atoms with E-state index in [-0.39, 0.29) is 5.76 Å². The van der Waals surface area contributed by atoms with Crippen molar-refractivity contribution in [1.29, 1.82) is 0 Å². The Kier molecular flexibility index (Phi) is 4.99. The summed E-state index contributed by atoms with van der Waals surface area (Å²) in [5.41, 5.74) is 1.20. The fraction of sp³-hybridized carbons (Fsp3) is 0.214. The highest BCUT2D eigenvalue weighted by Crippen LogP contribution is 2.18. The van der Waals surface area contributed by atoms with Gasteiger partial charge in [-0.1, -0.05) is 17.7 Å². The minimum absolute atomic E-state index is 0.0537. The average Bonchev–Trinajstić information content (AvgIpc) is 2.95. The summed E-state index contributed by atoms with van der Waals surface area (Å²) in [4.78, 5) is 22.6. The van der Waals surface area contributed by atoms with Crippen molar-refractivity contribution in [2.45, 2.75) is 11.8 Å². The van der Waals surface area contributed by atoms with E-state index in [9.17, 15) is 14.9 Å². The SMILES string of the molecule is Cc1ccc(SCCNC(=O)c2ccc([N+](=O)[O-])o2)cc1. The van der Waals surface area contributed by atoms with E-state index in [1.165, 1.54) is 11.6 Å². The summed E-state index contributed by atoms with van der Waals surface area (Å²) in [5, 5.41) is 13.1. The number of benzene rings is 1. The number of thioether (sulfide) groups is 1. The topological polar surface area (TPSA) is 85.4 Å². The second kappa shape index (κ2) is 6.94. The van der Waals surface area contributed by atoms with Crippen LogP contribution in [0.1, 0.15) is 16.1 Å². The molecule has 110 valence electrons. The van der Waals surface area contributed by atoms with Crippen LogP contribution in [0.15, 0.2) is 45.7 Å². The maximum Gasteiger partial charge on any atom is 0.433 e. The number of carbonyl (C=O) groups excluding carboxylic acids is 1. The number of amides is 1. The molecule has 0 saturated heterocycles. The highest BCUT2D eigenvalue weighted by Gasteiger charge is 2.16. The molecule has 1 aromatic carbocycles. The lowest BCUT2D eigenvalue weighted by Crippen LogP contribution is -2.25. The molecule has 2 aromatic rings. The maximum absolute atomic E-state index is 11.7. The van der Waals surface area contributed by atoms with Crippen molar-refractivity contribution in [3.05, 3.63) is 57.8 Å². The first-order valence-electron chi connectivity index (χ1n) is 6.28. The molecule has 0 radical (unpaired) electrons. The molecule has 1 N–H and O–H groups in total. The maximum atomic E-state index is 11.7. The Labute approximate surface area is 125 Å². The van der Waals surface area contributed by atoms with Gasteiger partial charge >= 0.3 is 5.88 Å². The first-order chi connectivity index (χ1) is 10.1. The van der Waals surface area contributed by atoms with E-state index in [1.54, 1.807) is 11.8 Å². The van der Waals surface area contributed by atoms with Gasteiger partial charge in [-0.05, 0) is 25.1 Å². The summed E-state index contributed by atoms with van der Waals surface area (Å²) < 4.78 is 4.82. The van der Waals surface area contributed by atoms with Crippen molar-refractivity contribution in [2.24, 2.45) is 0 Å². The summed E-state index contributed by atoms with van der Waals surface area (Å²) >= 11 is 1.62. The zero-order valence-corrected chi connectivity index (χ0v) is 12.2. The molecule has 0 saturated carbocycles. The molecule has 0 fully saturated rings. The molecule has 0 aliphatic carbocycles. The Morgan fingerprint density at radius 3 is 2.62 bits per heavy atom. The van der Waals surface area contributed by atoms with Gasteiger partial charge in [0.25, 0.3) is 5.91 Å². The van der Waals surface area contributed by atoms with Crippen LogP contribution in [-0.2, 0) is 0 Å². The van der Waals surface area contributed by atoms with Crippen LogP contribution in [0.3, 0.4) is 0 Å². The molecule has 0 aliphatic rings. The van der Waals surface area contributed by atoms with Gasteiger partial charge in [-0.15, -0.1) is 11.8 Å². The zero-order valence-electron chi connectivity index (χ0n) is 11.4. The largest absolute Gasteiger partial charge is 0.433 e. The van der Waals surface area contributed by atoms with Crippen LogP contribution < -0.4 is 5.32 Å². The predicted molar refractivity (Wildman–Crippen MR) is 79.6 cm³/mol. The lowest BCUT2D eigenvalue weighted by atomic mass is 10.2. The van der Waals surface area contributed by atoms with Crippen molar-refractivity contribution < 1.29 is 14.1 Å². The number of nitrogens with one attached hydrogen (secondary N) is 1. The number of furan rings is 1. The lowest BCUT2D eigenvalue weighted by molar-refractivity contribution is -0.402. The number of nitrogens with zero attached hydrogens (tertiary/aromatic N) is 1. The van der Waals surface area contributed by atoms with Crippen LogP contribution in [0.5, 0.6) is 0 Å². The number of hydrogen-bond donors (Lipinski definition) is 1. The van der Waals surface area contributed by atoms with Gasteiger partial charge in [0, 0.05) is 17.2 Å². The molecular formula is C14H14N2O4S. The Morgan fingerprint density at radius 2 is 2.00 bits per heavy atom. The van der Waals surface area contributed by atoms with Crippen molar-refractivity contribution in [3.8, 4) is 0 Å². The van der Waals surface area contributed by atoms with E-state index in [0.717, 1.165) is 11.0 Å². The Morgan fingerprint density at radius 1 is 1.29 bits per heavy atom. The summed E-state index contributed by atoms with van der Waals surface area (Å²) in [5.74, 6) is -0.235. The number of nitro groups is 1. The van der Waals surface area contributed by atoms with Crippen LogP contribution in [0.4, 0.5) is 5.88 Å². The van der Waals surface area contributed by atoms with E-state index in [1.807, 2.05) is 31.2 Å². The fourth-order valence-electron chi connectivity index (χ4n) is 1.60. The standard InChI is InChI=1S/C14H14N2O4S/c1-10-2-4-11(5-3-10)21-9-8-15-14(17)12-6-7-13(20-12)16(18)19/h2-7H,8-9H2,1H3,(H,15,17). The number of hydrogen-bond acceptors (Lipinski definition) is 5. The molecule has 21 heavy (non-hydrogen) atoms. The molecule has 1 heterocycles. The molecule has 0 unspecified atom stereocenters. The third-order valence-electron chi connectivity index (χ3n) is 2.67. The van der Waals surface area contributed by atoms with Crippen molar-refractivity contribution in [1.82, 2.24) is 5.32 Å². The molecular weight excluding hydrogens is 292 g/mol. The Balaban J connectivity index is 1.76. The predicted octanol–water partition coefficient (Wildman–Crippen LogP) is 3.02. The Bertz CT molecular complexity index is 637. The molecule has 1 amide bonds. The molecule has 2 rings (SSSR count). The first kappa shape index (κ1) is 15.1. The lowest BCUT2D eigenvalue weighted by Gasteiger charge is -2.03. The molecule has 0 spiro atoms. The van der Waals surface area contributed by atoms with Gasteiger partial charge in [-0.2, -0.15) is 0 Å². The number of carbonyl (C=O) groups is 1. The van der Waals surface area contributed by atoms with E-state index >= 15 is 0 Å². The minimum Gasteiger partial charge on any atom is -0.395 e. The van der Waals surface area contributed by atoms with Gasteiger partial charge in [0.15, 0.2) is 5.76 Å². The summed E-state index contributed by atoms with van der Waals surface area (Å²) in [7, 11) is 0. The van der Waals surface area contributed by atoms with Gasteiger partial charge in [0.2, 0.25) is 0 Å². The minimum atomic E-state index is -0.677. The molecule has 7 heteroatoms. The van der Waals surface area contributed by atoms with Crippen molar-refractivity contribution in [3.63, 3.8) is 0 Å². The Hall–Kier alpha value is -2.28. The molecule has 0 atom stereocenters. The van der Waals surface area contributed by atoms with Gasteiger partial charge in [0.1, 0.15) is 4.92 Å². The van der Waals surface area contributed by atoms with Crippen LogP contribution in [0, 0.1) is 17.0 Å². The smallest absolute Gasteiger partial charge is 0.395 e. The quantitative estimate of drug-likeness (QED) is 0.384. The fourth-order valence-corrected chi connectivity index (χ4v) is 2.37. The van der Waals surface area contributed by atoms with E-state index in [4.69, 9.17) is 4.42 Å². The second-order valence-corrected chi connectivity index (χ2v) is 5.48. The van der Waals surface area contributed by atoms with E-state index in [2.05, 4.69) is 5.32 Å². The second-order valence-electron chi connectivity index (χ2n) is 4.31. The highest BCUT2D eigenvalue weighted by molar-refractivity contribution is 7.99. The summed E-state index contributed by atoms with van der Waals surface area (Å²) in [6.45, 7) is 2.48. The van der Waals surface area contributed by atoms with Gasteiger partial charge in [-0.25, -0.2) is 0 Å². The monoisotopic (exact) mass is 306 g/mol. The van der Waals surface area contributed by atoms with Gasteiger partial charge < -0.3 is 9.73 Å². The van der Waals surface area contributed by atoms with Crippen LogP contribution in [-0.4, -0.2) is 23.1 Å². The molecule has 1 aromatic heterocycles.